The van der Waals surface area contributed by atoms with Gasteiger partial charge >= 0.3 is 5.97 Å². The fourth-order valence-corrected chi connectivity index (χ4v) is 5.02. The molecule has 0 saturated heterocycles. The van der Waals surface area contributed by atoms with E-state index >= 15 is 0 Å². The van der Waals surface area contributed by atoms with Gasteiger partial charge < -0.3 is 19.9 Å². The van der Waals surface area contributed by atoms with Gasteiger partial charge in [0.15, 0.2) is 0 Å². The van der Waals surface area contributed by atoms with Gasteiger partial charge in [-0.15, -0.1) is 0 Å². The van der Waals surface area contributed by atoms with E-state index < -0.39 is 11.6 Å². The number of ether oxygens (including phenoxy) is 1. The molecule has 1 aliphatic heterocycles. The first-order valence-corrected chi connectivity index (χ1v) is 11.8. The number of pyridine rings is 1. The number of hydrogen-bond donors (Lipinski definition) is 1. The Morgan fingerprint density at radius 3 is 2.73 bits per heavy atom. The molecule has 0 saturated carbocycles. The summed E-state index contributed by atoms with van der Waals surface area (Å²) in [6.45, 7) is 9.98. The first kappa shape index (κ1) is 23.5. The van der Waals surface area contributed by atoms with Gasteiger partial charge in [0.1, 0.15) is 11.6 Å². The van der Waals surface area contributed by atoms with Crippen LogP contribution in [0, 0.1) is 12.8 Å². The smallest absolute Gasteiger partial charge is 0.324 e. The van der Waals surface area contributed by atoms with Crippen molar-refractivity contribution in [1.29, 1.82) is 0 Å². The lowest BCUT2D eigenvalue weighted by molar-refractivity contribution is -0.162. The molecule has 176 valence electrons. The monoisotopic (exact) mass is 448 g/mol. The van der Waals surface area contributed by atoms with Crippen molar-refractivity contribution < 1.29 is 9.53 Å². The molecule has 3 heterocycles. The summed E-state index contributed by atoms with van der Waals surface area (Å²) < 4.78 is 8.51. The molecule has 0 fully saturated rings. The van der Waals surface area contributed by atoms with Crippen LogP contribution in [0.5, 0.6) is 0 Å². The maximum Gasteiger partial charge on any atom is 0.324 e. The van der Waals surface area contributed by atoms with Crippen molar-refractivity contribution in [2.75, 3.05) is 13.6 Å². The van der Waals surface area contributed by atoms with Gasteiger partial charge in [0.25, 0.3) is 0 Å². The third kappa shape index (κ3) is 4.42. The van der Waals surface area contributed by atoms with Crippen molar-refractivity contribution in [3.8, 4) is 0 Å². The number of nitrogens with two attached hydrogens (primary N) is 1. The van der Waals surface area contributed by atoms with Crippen LogP contribution in [0.2, 0.25) is 0 Å². The Morgan fingerprint density at radius 2 is 2.06 bits per heavy atom. The number of fused-ring (bicyclic) bond motifs is 3. The number of esters is 1. The van der Waals surface area contributed by atoms with Crippen LogP contribution in [0.1, 0.15) is 48.7 Å². The highest BCUT2D eigenvalue weighted by atomic mass is 16.6. The van der Waals surface area contributed by atoms with Crippen molar-refractivity contribution in [1.82, 2.24) is 14.5 Å². The molecule has 2 N–H and O–H groups in total. The van der Waals surface area contributed by atoms with Gasteiger partial charge in [-0.3, -0.25) is 9.78 Å². The zero-order chi connectivity index (χ0) is 23.9. The van der Waals surface area contributed by atoms with Crippen LogP contribution in [0.25, 0.3) is 10.9 Å². The highest BCUT2D eigenvalue weighted by Gasteiger charge is 2.36. The summed E-state index contributed by atoms with van der Waals surface area (Å²) in [6.07, 6.45) is 5.11. The molecule has 0 bridgehead atoms. The number of carbonyl (C=O) groups excluding carboxylic acids is 1. The Hall–Kier alpha value is -2.70. The molecular weight excluding hydrogens is 412 g/mol. The predicted molar refractivity (Wildman–Crippen MR) is 132 cm³/mol. The Labute approximate surface area is 196 Å². The van der Waals surface area contributed by atoms with Crippen LogP contribution in [0.4, 0.5) is 0 Å². The van der Waals surface area contributed by atoms with Gasteiger partial charge in [-0.1, -0.05) is 31.5 Å². The van der Waals surface area contributed by atoms with Crippen molar-refractivity contribution >= 4 is 16.9 Å². The Bertz CT molecular complexity index is 1170. The molecule has 6 nitrogen and oxygen atoms in total. The maximum absolute atomic E-state index is 13.0. The predicted octanol–water partition coefficient (Wildman–Crippen LogP) is 3.85. The van der Waals surface area contributed by atoms with E-state index in [4.69, 9.17) is 10.5 Å². The first-order chi connectivity index (χ1) is 15.6. The highest BCUT2D eigenvalue weighted by molar-refractivity contribution is 5.89. The van der Waals surface area contributed by atoms with Crippen molar-refractivity contribution in [3.63, 3.8) is 0 Å². The van der Waals surface area contributed by atoms with Gasteiger partial charge in [-0.05, 0) is 56.5 Å². The average Bonchev–Trinajstić information content (AvgIpc) is 3.04. The van der Waals surface area contributed by atoms with Gasteiger partial charge in [-0.25, -0.2) is 0 Å². The van der Waals surface area contributed by atoms with Crippen LogP contribution in [-0.4, -0.2) is 40.1 Å². The molecule has 0 spiro atoms. The van der Waals surface area contributed by atoms with Crippen LogP contribution in [0.3, 0.4) is 0 Å². The summed E-state index contributed by atoms with van der Waals surface area (Å²) in [5.41, 5.74) is 12.5. The summed E-state index contributed by atoms with van der Waals surface area (Å²) in [7, 11) is 4.32. The topological polar surface area (TPSA) is 73.4 Å². The molecule has 2 unspecified atom stereocenters. The second-order valence-corrected chi connectivity index (χ2v) is 10.1. The number of rotatable bonds is 6. The molecule has 2 aromatic heterocycles. The molecule has 2 atom stereocenters. The fraction of sp³-hybridized carbons (Fsp3) is 0.481. The Balaban J connectivity index is 1.83. The third-order valence-electron chi connectivity index (χ3n) is 7.03. The van der Waals surface area contributed by atoms with E-state index in [9.17, 15) is 4.79 Å². The number of hydrogen-bond acceptors (Lipinski definition) is 5. The van der Waals surface area contributed by atoms with Crippen molar-refractivity contribution in [3.05, 3.63) is 64.6 Å². The minimum Gasteiger partial charge on any atom is -0.453 e. The quantitative estimate of drug-likeness (QED) is 0.580. The largest absolute Gasteiger partial charge is 0.453 e. The number of aryl methyl sites for hydroxylation is 2. The van der Waals surface area contributed by atoms with Crippen LogP contribution in [-0.2, 0) is 41.6 Å². The molecule has 3 aromatic rings. The molecule has 1 aromatic carbocycles. The van der Waals surface area contributed by atoms with Gasteiger partial charge in [-0.2, -0.15) is 0 Å². The van der Waals surface area contributed by atoms with Crippen LogP contribution in [0.15, 0.2) is 36.7 Å². The number of aromatic nitrogens is 2. The molecular formula is C27H36N4O2. The van der Waals surface area contributed by atoms with Crippen LogP contribution < -0.4 is 5.73 Å². The SMILES string of the molecule is Cc1cc(CC(C)(OC(=O)C(N)C(C)C)c2cccnc2)c2c(c1)c1c(n2C)CN(C)CC1. The summed E-state index contributed by atoms with van der Waals surface area (Å²) in [4.78, 5) is 19.6. The lowest BCUT2D eigenvalue weighted by Gasteiger charge is -2.32. The standard InChI is InChI=1S/C27H36N4O2/c1-17(2)24(28)26(32)33-27(4,20-8-7-10-29-15-20)14-19-12-18(3)13-22-21-9-11-30(5)16-23(21)31(6)25(19)22/h7-8,10,12-13,15,17,24H,9,11,14,16,28H2,1-6H3. The van der Waals surface area contributed by atoms with Gasteiger partial charge in [0.2, 0.25) is 0 Å². The fourth-order valence-electron chi connectivity index (χ4n) is 5.02. The lowest BCUT2D eigenvalue weighted by Crippen LogP contribution is -2.42. The molecule has 1 aliphatic rings. The van der Waals surface area contributed by atoms with Crippen LogP contribution >= 0.6 is 0 Å². The summed E-state index contributed by atoms with van der Waals surface area (Å²) >= 11 is 0. The van der Waals surface area contributed by atoms with E-state index in [2.05, 4.69) is 47.6 Å². The summed E-state index contributed by atoms with van der Waals surface area (Å²) in [5.74, 6) is -0.383. The number of nitrogens with zero attached hydrogens (tertiary/aromatic N) is 3. The van der Waals surface area contributed by atoms with Gasteiger partial charge in [0, 0.05) is 55.6 Å². The maximum atomic E-state index is 13.0. The molecule has 33 heavy (non-hydrogen) atoms. The zero-order valence-electron chi connectivity index (χ0n) is 20.7. The molecule has 6 heteroatoms. The number of carbonyl (C=O) groups is 1. The normalized spacial score (nSPS) is 17.1. The third-order valence-corrected chi connectivity index (χ3v) is 7.03. The summed E-state index contributed by atoms with van der Waals surface area (Å²) in [6, 6.07) is 7.70. The summed E-state index contributed by atoms with van der Waals surface area (Å²) in [5, 5.41) is 1.31. The Kier molecular flexibility index (Phi) is 6.34. The number of benzene rings is 1. The van der Waals surface area contributed by atoms with Crippen molar-refractivity contribution in [2.45, 2.75) is 58.7 Å². The molecule has 4 rings (SSSR count). The van der Waals surface area contributed by atoms with E-state index in [0.29, 0.717) is 6.42 Å². The van der Waals surface area contributed by atoms with E-state index in [0.717, 1.165) is 25.1 Å². The second kappa shape index (κ2) is 8.92. The minimum atomic E-state index is -0.889. The van der Waals surface area contributed by atoms with E-state index in [1.165, 1.54) is 33.3 Å². The second-order valence-electron chi connectivity index (χ2n) is 10.1. The highest BCUT2D eigenvalue weighted by Crippen LogP contribution is 2.37. The lowest BCUT2D eigenvalue weighted by atomic mass is 9.87. The molecule has 0 amide bonds. The average molecular weight is 449 g/mol. The van der Waals surface area contributed by atoms with Gasteiger partial charge in [0.05, 0.1) is 5.52 Å². The van der Waals surface area contributed by atoms with Crippen molar-refractivity contribution in [2.24, 2.45) is 18.7 Å². The zero-order valence-corrected chi connectivity index (χ0v) is 20.7. The molecule has 0 aliphatic carbocycles. The minimum absolute atomic E-state index is 0.00193. The van der Waals surface area contributed by atoms with E-state index in [-0.39, 0.29) is 11.9 Å². The first-order valence-electron chi connectivity index (χ1n) is 11.8. The number of likely N-dealkylation sites (N-methyl/N-ethyl adjacent to an activating group) is 1. The molecule has 0 radical (unpaired) electrons. The van der Waals surface area contributed by atoms with E-state index in [1.54, 1.807) is 12.4 Å². The van der Waals surface area contributed by atoms with E-state index in [1.807, 2.05) is 32.9 Å². The Morgan fingerprint density at radius 1 is 1.30 bits per heavy atom.